The summed E-state index contributed by atoms with van der Waals surface area (Å²) in [5, 5.41) is 2.81. The third kappa shape index (κ3) is 4.00. The molecule has 0 fully saturated rings. The van der Waals surface area contributed by atoms with Crippen molar-refractivity contribution in [3.8, 4) is 5.88 Å². The van der Waals surface area contributed by atoms with Crippen molar-refractivity contribution in [3.63, 3.8) is 0 Å². The summed E-state index contributed by atoms with van der Waals surface area (Å²) in [6.45, 7) is 1.72. The van der Waals surface area contributed by atoms with Gasteiger partial charge in [-0.3, -0.25) is 4.72 Å². The van der Waals surface area contributed by atoms with Crippen LogP contribution in [-0.2, 0) is 35.9 Å². The normalized spacial score (nSPS) is 14.8. The van der Waals surface area contributed by atoms with Crippen LogP contribution in [-0.4, -0.2) is 26.5 Å². The van der Waals surface area contributed by atoms with Gasteiger partial charge in [-0.25, -0.2) is 14.5 Å². The highest BCUT2D eigenvalue weighted by Crippen LogP contribution is 2.38. The summed E-state index contributed by atoms with van der Waals surface area (Å²) in [6, 6.07) is 3.09. The number of pyridine rings is 1. The number of nitrogens with zero attached hydrogens (tertiary/aromatic N) is 1. The Balaban J connectivity index is 1.50. The number of nitrogens with one attached hydrogen (secondary N) is 3. The standard InChI is InChI=1S/C20H24N4O4S/c1-12-9-18(28-2)21-11-17(12)23-29(26,27)24-20(25)22-19-15-7-3-5-13(15)10-14-6-4-8-16(14)19/h9-11,23H,3-8H2,1-2H3,(H2,22,24,25). The van der Waals surface area contributed by atoms with Crippen molar-refractivity contribution in [1.82, 2.24) is 9.71 Å². The van der Waals surface area contributed by atoms with Crippen LogP contribution in [0.2, 0.25) is 0 Å². The predicted octanol–water partition coefficient (Wildman–Crippen LogP) is 2.85. The van der Waals surface area contributed by atoms with Gasteiger partial charge in [0.1, 0.15) is 0 Å². The number of benzene rings is 1. The van der Waals surface area contributed by atoms with E-state index in [1.165, 1.54) is 24.4 Å². The Morgan fingerprint density at radius 1 is 1.07 bits per heavy atom. The van der Waals surface area contributed by atoms with E-state index in [1.54, 1.807) is 13.0 Å². The van der Waals surface area contributed by atoms with Crippen LogP contribution in [0, 0.1) is 6.92 Å². The number of rotatable bonds is 5. The number of carbonyl (C=O) groups is 1. The number of aromatic nitrogens is 1. The van der Waals surface area contributed by atoms with E-state index in [0.717, 1.165) is 55.3 Å². The maximum absolute atomic E-state index is 12.5. The van der Waals surface area contributed by atoms with Crippen LogP contribution in [0.3, 0.4) is 0 Å². The highest BCUT2D eigenvalue weighted by molar-refractivity contribution is 7.91. The smallest absolute Gasteiger partial charge is 0.334 e. The highest BCUT2D eigenvalue weighted by atomic mass is 32.2. The second-order valence-corrected chi connectivity index (χ2v) is 8.85. The van der Waals surface area contributed by atoms with Crippen LogP contribution >= 0.6 is 0 Å². The summed E-state index contributed by atoms with van der Waals surface area (Å²) in [7, 11) is -2.64. The monoisotopic (exact) mass is 416 g/mol. The molecule has 0 radical (unpaired) electrons. The first kappa shape index (κ1) is 19.5. The molecular weight excluding hydrogens is 392 g/mol. The second-order valence-electron chi connectivity index (χ2n) is 7.44. The molecule has 2 amide bonds. The number of ether oxygens (including phenoxy) is 1. The summed E-state index contributed by atoms with van der Waals surface area (Å²) in [5.41, 5.74) is 6.50. The van der Waals surface area contributed by atoms with E-state index in [2.05, 4.69) is 21.1 Å². The molecule has 0 saturated carbocycles. The number of fused-ring (bicyclic) bond motifs is 2. The zero-order valence-electron chi connectivity index (χ0n) is 16.5. The van der Waals surface area contributed by atoms with Gasteiger partial charge in [0.05, 0.1) is 19.0 Å². The number of aryl methyl sites for hydroxylation is 3. The van der Waals surface area contributed by atoms with Gasteiger partial charge < -0.3 is 10.1 Å². The van der Waals surface area contributed by atoms with E-state index >= 15 is 0 Å². The number of amides is 2. The number of anilines is 2. The number of hydrogen-bond acceptors (Lipinski definition) is 5. The van der Waals surface area contributed by atoms with Crippen LogP contribution < -0.4 is 19.5 Å². The molecule has 2 aromatic rings. The summed E-state index contributed by atoms with van der Waals surface area (Å²) >= 11 is 0. The van der Waals surface area contributed by atoms with Gasteiger partial charge in [0.2, 0.25) is 5.88 Å². The minimum Gasteiger partial charge on any atom is -0.481 e. The quantitative estimate of drug-likeness (QED) is 0.694. The highest BCUT2D eigenvalue weighted by Gasteiger charge is 2.26. The Hall–Kier alpha value is -2.81. The van der Waals surface area contributed by atoms with Crippen molar-refractivity contribution in [2.24, 2.45) is 0 Å². The Morgan fingerprint density at radius 3 is 2.31 bits per heavy atom. The second kappa shape index (κ2) is 7.55. The zero-order chi connectivity index (χ0) is 20.6. The van der Waals surface area contributed by atoms with Crippen LogP contribution in [0.5, 0.6) is 5.88 Å². The fraction of sp³-hybridized carbons (Fsp3) is 0.400. The van der Waals surface area contributed by atoms with Crippen LogP contribution in [0.4, 0.5) is 16.2 Å². The molecule has 0 spiro atoms. The molecule has 4 rings (SSSR count). The van der Waals surface area contributed by atoms with Crippen LogP contribution in [0.15, 0.2) is 18.3 Å². The van der Waals surface area contributed by atoms with E-state index < -0.39 is 16.2 Å². The first-order valence-electron chi connectivity index (χ1n) is 9.65. The first-order valence-corrected chi connectivity index (χ1v) is 11.1. The molecular formula is C20H24N4O4S. The average Bonchev–Trinajstić information content (AvgIpc) is 3.31. The Kier molecular flexibility index (Phi) is 5.08. The third-order valence-corrected chi connectivity index (χ3v) is 6.42. The molecule has 1 aromatic heterocycles. The fourth-order valence-electron chi connectivity index (χ4n) is 4.15. The molecule has 0 saturated heterocycles. The lowest BCUT2D eigenvalue weighted by Crippen LogP contribution is -2.38. The number of methoxy groups -OCH3 is 1. The Labute approximate surface area is 170 Å². The number of carbonyl (C=O) groups excluding carboxylic acids is 1. The molecule has 2 aliphatic carbocycles. The van der Waals surface area contributed by atoms with E-state index in [1.807, 2.05) is 4.72 Å². The van der Waals surface area contributed by atoms with Crippen molar-refractivity contribution in [2.75, 3.05) is 17.1 Å². The number of hydrogen-bond donors (Lipinski definition) is 3. The molecule has 0 aliphatic heterocycles. The van der Waals surface area contributed by atoms with Gasteiger partial charge in [-0.05, 0) is 73.3 Å². The van der Waals surface area contributed by atoms with Crippen molar-refractivity contribution in [2.45, 2.75) is 45.4 Å². The molecule has 2 aliphatic rings. The van der Waals surface area contributed by atoms with Crippen LogP contribution in [0.1, 0.15) is 40.7 Å². The first-order chi connectivity index (χ1) is 13.9. The van der Waals surface area contributed by atoms with E-state index in [4.69, 9.17) is 4.74 Å². The van der Waals surface area contributed by atoms with Gasteiger partial charge in [0.15, 0.2) is 0 Å². The molecule has 1 aromatic carbocycles. The molecule has 0 bridgehead atoms. The van der Waals surface area contributed by atoms with Gasteiger partial charge in [0, 0.05) is 11.8 Å². The maximum Gasteiger partial charge on any atom is 0.334 e. The third-order valence-electron chi connectivity index (χ3n) is 5.48. The lowest BCUT2D eigenvalue weighted by Gasteiger charge is -2.17. The minimum atomic E-state index is -4.12. The Bertz CT molecular complexity index is 1050. The average molecular weight is 417 g/mol. The van der Waals surface area contributed by atoms with Gasteiger partial charge in [0.25, 0.3) is 0 Å². The van der Waals surface area contributed by atoms with Crippen LogP contribution in [0.25, 0.3) is 0 Å². The fourth-order valence-corrected chi connectivity index (χ4v) is 5.00. The summed E-state index contributed by atoms with van der Waals surface area (Å²) in [4.78, 5) is 16.5. The molecule has 0 unspecified atom stereocenters. The maximum atomic E-state index is 12.5. The molecule has 29 heavy (non-hydrogen) atoms. The van der Waals surface area contributed by atoms with Crippen molar-refractivity contribution >= 4 is 27.6 Å². The molecule has 9 heteroatoms. The lowest BCUT2D eigenvalue weighted by molar-refractivity contribution is 0.256. The molecule has 3 N–H and O–H groups in total. The zero-order valence-corrected chi connectivity index (χ0v) is 17.3. The van der Waals surface area contributed by atoms with Gasteiger partial charge >= 0.3 is 16.2 Å². The molecule has 1 heterocycles. The van der Waals surface area contributed by atoms with Gasteiger partial charge in [-0.1, -0.05) is 6.07 Å². The SMILES string of the molecule is COc1cc(C)c(NS(=O)(=O)NC(=O)Nc2c3c(cc4c2CCC4)CCC3)cn1. The predicted molar refractivity (Wildman–Crippen MR) is 111 cm³/mol. The number of urea groups is 1. The molecule has 0 atom stereocenters. The lowest BCUT2D eigenvalue weighted by atomic mass is 9.99. The van der Waals surface area contributed by atoms with E-state index in [0.29, 0.717) is 11.4 Å². The summed E-state index contributed by atoms with van der Waals surface area (Å²) < 4.78 is 34.3. The van der Waals surface area contributed by atoms with Crippen molar-refractivity contribution < 1.29 is 17.9 Å². The topological polar surface area (TPSA) is 109 Å². The largest absolute Gasteiger partial charge is 0.481 e. The van der Waals surface area contributed by atoms with Gasteiger partial charge in [-0.2, -0.15) is 8.42 Å². The van der Waals surface area contributed by atoms with E-state index in [9.17, 15) is 13.2 Å². The van der Waals surface area contributed by atoms with Gasteiger partial charge in [-0.15, -0.1) is 0 Å². The van der Waals surface area contributed by atoms with E-state index in [-0.39, 0.29) is 5.69 Å². The summed E-state index contributed by atoms with van der Waals surface area (Å²) in [5.74, 6) is 0.378. The summed E-state index contributed by atoms with van der Waals surface area (Å²) in [6.07, 6.45) is 7.27. The van der Waals surface area contributed by atoms with Crippen molar-refractivity contribution in [1.29, 1.82) is 0 Å². The minimum absolute atomic E-state index is 0.271. The van der Waals surface area contributed by atoms with Crippen molar-refractivity contribution in [3.05, 3.63) is 46.1 Å². The molecule has 154 valence electrons. The molecule has 8 nitrogen and oxygen atoms in total. The Morgan fingerprint density at radius 2 is 1.72 bits per heavy atom.